The molecule has 184 valence electrons. The van der Waals surface area contributed by atoms with E-state index in [1.165, 1.54) is 12.1 Å². The summed E-state index contributed by atoms with van der Waals surface area (Å²) in [4.78, 5) is 50.1. The van der Waals surface area contributed by atoms with Gasteiger partial charge in [-0.05, 0) is 52.8 Å². The number of nitrogens with zero attached hydrogens (tertiary/aromatic N) is 1. The summed E-state index contributed by atoms with van der Waals surface area (Å²) in [6.07, 6.45) is 1.34. The Kier molecular flexibility index (Phi) is 5.29. The first-order valence-corrected chi connectivity index (χ1v) is 11.4. The maximum atomic E-state index is 13.7. The topological polar surface area (TPSA) is 199 Å². The van der Waals surface area contributed by atoms with Crippen molar-refractivity contribution in [2.45, 2.75) is 36.9 Å². The normalized spacial score (nSPS) is 27.1. The van der Waals surface area contributed by atoms with Crippen molar-refractivity contribution in [3.63, 3.8) is 0 Å². The summed E-state index contributed by atoms with van der Waals surface area (Å²) >= 11 is 0. The van der Waals surface area contributed by atoms with Crippen molar-refractivity contribution < 1.29 is 24.6 Å². The molecule has 3 aliphatic carbocycles. The number of nitrogens with two attached hydrogens (primary N) is 3. The summed E-state index contributed by atoms with van der Waals surface area (Å²) < 4.78 is 0. The number of benzene rings is 2. The Balaban J connectivity index is 1.72. The van der Waals surface area contributed by atoms with Crippen LogP contribution >= 0.6 is 0 Å². The Labute approximate surface area is 205 Å². The minimum Gasteiger partial charge on any atom is -0.507 e. The third-order valence-electron chi connectivity index (χ3n) is 7.59. The number of carbonyl (C=O) groups excluding carboxylic acids is 3. The number of aliphatic hydroxyl groups is 2. The number of fused-ring (bicyclic) bond motifs is 3. The van der Waals surface area contributed by atoms with Gasteiger partial charge in [0.1, 0.15) is 11.4 Å². The maximum Gasteiger partial charge on any atom is 0.252 e. The molecule has 1 saturated carbocycles. The van der Waals surface area contributed by atoms with E-state index in [1.807, 2.05) is 24.3 Å². The van der Waals surface area contributed by atoms with E-state index in [0.717, 1.165) is 11.1 Å². The first-order chi connectivity index (χ1) is 17.1. The molecule has 36 heavy (non-hydrogen) atoms. The Morgan fingerprint density at radius 3 is 2.42 bits per heavy atom. The number of allylic oxidation sites excluding steroid dienone is 1. The highest BCUT2D eigenvalue weighted by Gasteiger charge is 2.63. The molecule has 10 heteroatoms. The average Bonchev–Trinajstić information content (AvgIpc) is 2.85. The molecule has 5 rings (SSSR count). The number of rotatable bonds is 4. The van der Waals surface area contributed by atoms with Crippen LogP contribution in [-0.2, 0) is 27.3 Å². The zero-order valence-electron chi connectivity index (χ0n) is 19.2. The lowest BCUT2D eigenvalue weighted by Crippen LogP contribution is -2.67. The molecule has 0 saturated heterocycles. The second kappa shape index (κ2) is 8.02. The highest BCUT2D eigenvalue weighted by Crippen LogP contribution is 2.52. The number of primary amides is 1. The highest BCUT2D eigenvalue weighted by molar-refractivity contribution is 6.32. The molecule has 0 heterocycles. The molecule has 3 aliphatic rings. The smallest absolute Gasteiger partial charge is 0.252 e. The van der Waals surface area contributed by atoms with Gasteiger partial charge in [-0.2, -0.15) is 0 Å². The molecular weight excluding hydrogens is 464 g/mol. The number of hydrogen-bond acceptors (Lipinski definition) is 9. The van der Waals surface area contributed by atoms with Gasteiger partial charge in [0.05, 0.1) is 16.7 Å². The Hall–Kier alpha value is -3.99. The molecule has 0 bridgehead atoms. The second-order valence-corrected chi connectivity index (χ2v) is 9.58. The fourth-order valence-electron chi connectivity index (χ4n) is 5.80. The van der Waals surface area contributed by atoms with Crippen molar-refractivity contribution in [1.82, 2.24) is 0 Å². The molecule has 0 radical (unpaired) electrons. The fourth-order valence-corrected chi connectivity index (χ4v) is 5.80. The van der Waals surface area contributed by atoms with Gasteiger partial charge in [0, 0.05) is 18.0 Å². The summed E-state index contributed by atoms with van der Waals surface area (Å²) in [5, 5.41) is 25.7. The summed E-state index contributed by atoms with van der Waals surface area (Å²) in [6.45, 7) is 0.363. The van der Waals surface area contributed by atoms with Crippen LogP contribution < -0.4 is 17.2 Å². The predicted octanol–water partition coefficient (Wildman–Crippen LogP) is 1.44. The first kappa shape index (κ1) is 23.7. The van der Waals surface area contributed by atoms with Gasteiger partial charge in [-0.3, -0.25) is 14.4 Å². The van der Waals surface area contributed by atoms with Crippen LogP contribution in [0.5, 0.6) is 0 Å². The molecular formula is C26H24N4O6. The number of aliphatic hydroxyl groups excluding tert-OH is 1. The van der Waals surface area contributed by atoms with Crippen LogP contribution in [-0.4, -0.2) is 38.8 Å². The van der Waals surface area contributed by atoms with Gasteiger partial charge in [-0.25, -0.2) is 0 Å². The number of ketones is 2. The van der Waals surface area contributed by atoms with Gasteiger partial charge in [0.2, 0.25) is 11.6 Å². The van der Waals surface area contributed by atoms with Crippen molar-refractivity contribution in [2.75, 3.05) is 0 Å². The lowest BCUT2D eigenvalue weighted by atomic mass is 9.56. The second-order valence-electron chi connectivity index (χ2n) is 9.58. The molecule has 3 atom stereocenters. The van der Waals surface area contributed by atoms with E-state index in [2.05, 4.69) is 5.18 Å². The van der Waals surface area contributed by atoms with Crippen LogP contribution in [0, 0.1) is 10.8 Å². The molecule has 2 aromatic rings. The summed E-state index contributed by atoms with van der Waals surface area (Å²) in [7, 11) is 0. The van der Waals surface area contributed by atoms with Crippen molar-refractivity contribution in [3.8, 4) is 11.1 Å². The predicted molar refractivity (Wildman–Crippen MR) is 130 cm³/mol. The molecule has 8 N–H and O–H groups in total. The van der Waals surface area contributed by atoms with Crippen LogP contribution in [0.4, 0.5) is 5.69 Å². The van der Waals surface area contributed by atoms with Crippen LogP contribution in [0.3, 0.4) is 0 Å². The minimum atomic E-state index is -2.60. The highest BCUT2D eigenvalue weighted by atomic mass is 16.3. The number of nitroso groups, excluding NO2 is 1. The number of carbonyl (C=O) groups is 3. The van der Waals surface area contributed by atoms with Gasteiger partial charge >= 0.3 is 0 Å². The molecule has 0 aromatic heterocycles. The van der Waals surface area contributed by atoms with Gasteiger partial charge in [0.15, 0.2) is 5.60 Å². The van der Waals surface area contributed by atoms with Crippen LogP contribution in [0.15, 0.2) is 58.8 Å². The molecule has 0 aliphatic heterocycles. The van der Waals surface area contributed by atoms with Crippen molar-refractivity contribution in [2.24, 2.45) is 28.3 Å². The van der Waals surface area contributed by atoms with Crippen molar-refractivity contribution >= 4 is 28.9 Å². The Bertz CT molecular complexity index is 1430. The molecule has 1 fully saturated rings. The quantitative estimate of drug-likeness (QED) is 0.242. The largest absolute Gasteiger partial charge is 0.507 e. The molecule has 0 spiro atoms. The van der Waals surface area contributed by atoms with Gasteiger partial charge < -0.3 is 27.4 Å². The van der Waals surface area contributed by atoms with Crippen molar-refractivity contribution in [3.05, 3.63) is 75.2 Å². The lowest BCUT2D eigenvalue weighted by molar-refractivity contribution is -0.157. The number of Topliss-reactive ketones (excluding diaryl/α,β-unsaturated/α-hetero) is 2. The third-order valence-corrected chi connectivity index (χ3v) is 7.59. The summed E-state index contributed by atoms with van der Waals surface area (Å²) in [5.74, 6) is -4.83. The van der Waals surface area contributed by atoms with Gasteiger partial charge in [0.25, 0.3) is 5.91 Å². The lowest BCUT2D eigenvalue weighted by Gasteiger charge is -2.50. The third kappa shape index (κ3) is 3.12. The van der Waals surface area contributed by atoms with E-state index in [1.54, 1.807) is 6.07 Å². The van der Waals surface area contributed by atoms with Crippen LogP contribution in [0.2, 0.25) is 0 Å². The monoisotopic (exact) mass is 488 g/mol. The minimum absolute atomic E-state index is 0.0193. The van der Waals surface area contributed by atoms with E-state index in [0.29, 0.717) is 17.7 Å². The van der Waals surface area contributed by atoms with E-state index < -0.39 is 45.9 Å². The molecule has 1 amide bonds. The molecule has 10 nitrogen and oxygen atoms in total. The number of amides is 1. The summed E-state index contributed by atoms with van der Waals surface area (Å²) in [5.41, 5.74) is 15.6. The van der Waals surface area contributed by atoms with Crippen LogP contribution in [0.1, 0.15) is 29.5 Å². The SMILES string of the molecule is NCc1ccc(-c2ccc(N=O)c3c2C[C@@]2(N)C[C@H]4CC=C(C(N)=O)C(=O)[C@@]4(O)C(=O)C2=C3O)cc1. The van der Waals surface area contributed by atoms with E-state index in [-0.39, 0.29) is 36.1 Å². The Morgan fingerprint density at radius 2 is 1.81 bits per heavy atom. The zero-order chi connectivity index (χ0) is 26.0. The molecule has 2 aromatic carbocycles. The van der Waals surface area contributed by atoms with E-state index in [9.17, 15) is 29.5 Å². The van der Waals surface area contributed by atoms with Crippen molar-refractivity contribution in [1.29, 1.82) is 0 Å². The van der Waals surface area contributed by atoms with E-state index >= 15 is 0 Å². The zero-order valence-corrected chi connectivity index (χ0v) is 19.2. The Morgan fingerprint density at radius 1 is 1.11 bits per heavy atom. The summed E-state index contributed by atoms with van der Waals surface area (Å²) in [6, 6.07) is 10.5. The number of hydrogen-bond donors (Lipinski definition) is 5. The maximum absolute atomic E-state index is 13.7. The van der Waals surface area contributed by atoms with Gasteiger partial charge in [-0.1, -0.05) is 36.4 Å². The first-order valence-electron chi connectivity index (χ1n) is 11.4. The van der Waals surface area contributed by atoms with Crippen LogP contribution in [0.25, 0.3) is 16.9 Å². The average molecular weight is 489 g/mol. The van der Waals surface area contributed by atoms with E-state index in [4.69, 9.17) is 17.2 Å². The standard InChI is InChI=1S/C26H24N4O6/c27-11-12-1-3-13(4-2-12)15-7-8-18(30-36)19-17(15)10-25(29)9-14-5-6-16(24(28)34)22(32)26(14,35)23(33)20(25)21(19)31/h1-4,6-8,14,31,35H,5,9-11,27,29H2,(H2,28,34)/t14-,25+,26-/m1/s1. The fraction of sp³-hybridized carbons (Fsp3) is 0.269. The van der Waals surface area contributed by atoms with Gasteiger partial charge in [-0.15, -0.1) is 4.91 Å². The molecule has 0 unspecified atom stereocenters.